The van der Waals surface area contributed by atoms with Crippen LogP contribution in [0, 0.1) is 6.92 Å². The second-order valence-corrected chi connectivity index (χ2v) is 4.47. The van der Waals surface area contributed by atoms with Gasteiger partial charge in [0.05, 0.1) is 11.6 Å². The van der Waals surface area contributed by atoms with Crippen molar-refractivity contribution < 1.29 is 9.53 Å². The quantitative estimate of drug-likeness (QED) is 0.784. The van der Waals surface area contributed by atoms with Crippen LogP contribution in [0.5, 0.6) is 5.75 Å². The molecular formula is C12H15BrO2. The molecule has 0 saturated carbocycles. The normalized spacial score (nSPS) is 12.3. The summed E-state index contributed by atoms with van der Waals surface area (Å²) >= 11 is 3.45. The summed E-state index contributed by atoms with van der Waals surface area (Å²) in [6.07, 6.45) is 1.47. The minimum atomic E-state index is 0.190. The molecule has 0 N–H and O–H groups in total. The first-order valence-electron chi connectivity index (χ1n) is 4.88. The van der Waals surface area contributed by atoms with Crippen LogP contribution in [0.15, 0.2) is 16.6 Å². The zero-order valence-electron chi connectivity index (χ0n) is 9.21. The number of rotatable bonds is 4. The van der Waals surface area contributed by atoms with Crippen LogP contribution in [-0.2, 0) is 4.79 Å². The largest absolute Gasteiger partial charge is 0.495 e. The standard InChI is InChI=1S/C12H15BrO2/c1-8-4-5-10(13)12(15-3)11(8)9(2)6-7-14/h4-5,7,9H,6H2,1-3H3. The van der Waals surface area contributed by atoms with Crippen molar-refractivity contribution in [1.29, 1.82) is 0 Å². The van der Waals surface area contributed by atoms with Crippen molar-refractivity contribution in [2.45, 2.75) is 26.2 Å². The average molecular weight is 271 g/mol. The third kappa shape index (κ3) is 2.59. The van der Waals surface area contributed by atoms with Gasteiger partial charge >= 0.3 is 0 Å². The van der Waals surface area contributed by atoms with E-state index in [9.17, 15) is 4.79 Å². The van der Waals surface area contributed by atoms with E-state index < -0.39 is 0 Å². The molecule has 0 amide bonds. The molecule has 0 fully saturated rings. The van der Waals surface area contributed by atoms with Gasteiger partial charge in [-0.05, 0) is 40.4 Å². The number of methoxy groups -OCH3 is 1. The number of hydrogen-bond donors (Lipinski definition) is 0. The first-order valence-corrected chi connectivity index (χ1v) is 5.67. The zero-order chi connectivity index (χ0) is 11.4. The molecule has 0 aliphatic heterocycles. The highest BCUT2D eigenvalue weighted by atomic mass is 79.9. The van der Waals surface area contributed by atoms with E-state index in [1.165, 1.54) is 0 Å². The summed E-state index contributed by atoms with van der Waals surface area (Å²) in [5.41, 5.74) is 2.27. The summed E-state index contributed by atoms with van der Waals surface area (Å²) < 4.78 is 6.30. The minimum absolute atomic E-state index is 0.190. The lowest BCUT2D eigenvalue weighted by atomic mass is 9.93. The van der Waals surface area contributed by atoms with Crippen molar-refractivity contribution in [2.24, 2.45) is 0 Å². The topological polar surface area (TPSA) is 26.3 Å². The summed E-state index contributed by atoms with van der Waals surface area (Å²) in [5.74, 6) is 1.03. The molecule has 0 saturated heterocycles. The molecular weight excluding hydrogens is 256 g/mol. The van der Waals surface area contributed by atoms with Crippen LogP contribution in [0.25, 0.3) is 0 Å². The Labute approximate surface area is 98.8 Å². The van der Waals surface area contributed by atoms with Gasteiger partial charge in [0.1, 0.15) is 12.0 Å². The number of carbonyl (C=O) groups excluding carboxylic acids is 1. The molecule has 0 heterocycles. The molecule has 0 aromatic heterocycles. The van der Waals surface area contributed by atoms with E-state index in [2.05, 4.69) is 15.9 Å². The molecule has 0 spiro atoms. The van der Waals surface area contributed by atoms with Gasteiger partial charge < -0.3 is 9.53 Å². The van der Waals surface area contributed by atoms with Crippen molar-refractivity contribution in [1.82, 2.24) is 0 Å². The third-order valence-electron chi connectivity index (χ3n) is 2.51. The van der Waals surface area contributed by atoms with Gasteiger partial charge in [0.25, 0.3) is 0 Å². The number of aryl methyl sites for hydroxylation is 1. The Morgan fingerprint density at radius 1 is 1.53 bits per heavy atom. The zero-order valence-corrected chi connectivity index (χ0v) is 10.8. The van der Waals surface area contributed by atoms with Crippen LogP contribution < -0.4 is 4.74 Å². The third-order valence-corrected chi connectivity index (χ3v) is 3.14. The van der Waals surface area contributed by atoms with E-state index in [0.717, 1.165) is 27.6 Å². The molecule has 2 nitrogen and oxygen atoms in total. The number of carbonyl (C=O) groups is 1. The monoisotopic (exact) mass is 270 g/mol. The Kier molecular flexibility index (Phi) is 4.33. The molecule has 0 aliphatic carbocycles. The van der Waals surface area contributed by atoms with Gasteiger partial charge in [-0.15, -0.1) is 0 Å². The molecule has 3 heteroatoms. The fourth-order valence-corrected chi connectivity index (χ4v) is 2.26. The summed E-state index contributed by atoms with van der Waals surface area (Å²) in [4.78, 5) is 10.5. The molecule has 0 radical (unpaired) electrons. The van der Waals surface area contributed by atoms with Gasteiger partial charge in [-0.2, -0.15) is 0 Å². The van der Waals surface area contributed by atoms with Gasteiger partial charge in [0, 0.05) is 12.0 Å². The SMILES string of the molecule is COc1c(Br)ccc(C)c1C(C)CC=O. The minimum Gasteiger partial charge on any atom is -0.495 e. The second kappa shape index (κ2) is 5.31. The van der Waals surface area contributed by atoms with Gasteiger partial charge in [0.15, 0.2) is 0 Å². The van der Waals surface area contributed by atoms with Crippen molar-refractivity contribution in [3.8, 4) is 5.75 Å². The maximum Gasteiger partial charge on any atom is 0.136 e. The first kappa shape index (κ1) is 12.2. The van der Waals surface area contributed by atoms with E-state index in [1.807, 2.05) is 26.0 Å². The summed E-state index contributed by atoms with van der Waals surface area (Å²) in [6, 6.07) is 3.99. The lowest BCUT2D eigenvalue weighted by molar-refractivity contribution is -0.108. The molecule has 1 unspecified atom stereocenters. The number of halogens is 1. The van der Waals surface area contributed by atoms with Crippen LogP contribution in [0.1, 0.15) is 30.4 Å². The highest BCUT2D eigenvalue weighted by Gasteiger charge is 2.16. The van der Waals surface area contributed by atoms with E-state index >= 15 is 0 Å². The average Bonchev–Trinajstić information content (AvgIpc) is 2.21. The van der Waals surface area contributed by atoms with Crippen molar-refractivity contribution >= 4 is 22.2 Å². The molecule has 15 heavy (non-hydrogen) atoms. The van der Waals surface area contributed by atoms with Crippen LogP contribution in [-0.4, -0.2) is 13.4 Å². The highest BCUT2D eigenvalue weighted by molar-refractivity contribution is 9.10. The predicted octanol–water partition coefficient (Wildman–Crippen LogP) is 3.46. The lowest BCUT2D eigenvalue weighted by Crippen LogP contribution is -2.02. The maximum atomic E-state index is 10.5. The molecule has 1 rings (SSSR count). The Hall–Kier alpha value is -0.830. The van der Waals surface area contributed by atoms with E-state index in [0.29, 0.717) is 6.42 Å². The maximum absolute atomic E-state index is 10.5. The molecule has 0 bridgehead atoms. The van der Waals surface area contributed by atoms with Crippen molar-refractivity contribution in [2.75, 3.05) is 7.11 Å². The number of ether oxygens (including phenoxy) is 1. The van der Waals surface area contributed by atoms with Crippen LogP contribution in [0.3, 0.4) is 0 Å². The summed E-state index contributed by atoms with van der Waals surface area (Å²) in [7, 11) is 1.65. The van der Waals surface area contributed by atoms with Gasteiger partial charge in [-0.1, -0.05) is 13.0 Å². The fraction of sp³-hybridized carbons (Fsp3) is 0.417. The Bertz CT molecular complexity index is 361. The van der Waals surface area contributed by atoms with E-state index in [4.69, 9.17) is 4.74 Å². The molecule has 1 aromatic carbocycles. The predicted molar refractivity (Wildman–Crippen MR) is 64.5 cm³/mol. The van der Waals surface area contributed by atoms with E-state index in [1.54, 1.807) is 7.11 Å². The van der Waals surface area contributed by atoms with Gasteiger partial charge in [0.2, 0.25) is 0 Å². The molecule has 82 valence electrons. The van der Waals surface area contributed by atoms with E-state index in [-0.39, 0.29) is 5.92 Å². The molecule has 1 aromatic rings. The second-order valence-electron chi connectivity index (χ2n) is 3.61. The summed E-state index contributed by atoms with van der Waals surface area (Å²) in [5, 5.41) is 0. The number of hydrogen-bond acceptors (Lipinski definition) is 2. The first-order chi connectivity index (χ1) is 7.11. The van der Waals surface area contributed by atoms with Gasteiger partial charge in [-0.3, -0.25) is 0 Å². The fourth-order valence-electron chi connectivity index (χ4n) is 1.75. The lowest BCUT2D eigenvalue weighted by Gasteiger charge is -2.17. The Balaban J connectivity index is 3.23. The number of aldehydes is 1. The van der Waals surface area contributed by atoms with Crippen LogP contribution >= 0.6 is 15.9 Å². The smallest absolute Gasteiger partial charge is 0.136 e. The summed E-state index contributed by atoms with van der Waals surface area (Å²) in [6.45, 7) is 4.07. The number of benzene rings is 1. The highest BCUT2D eigenvalue weighted by Crippen LogP contribution is 2.37. The van der Waals surface area contributed by atoms with Crippen LogP contribution in [0.4, 0.5) is 0 Å². The molecule has 0 aliphatic rings. The van der Waals surface area contributed by atoms with Crippen LogP contribution in [0.2, 0.25) is 0 Å². The Morgan fingerprint density at radius 3 is 2.73 bits per heavy atom. The molecule has 1 atom stereocenters. The van der Waals surface area contributed by atoms with Crippen molar-refractivity contribution in [3.05, 3.63) is 27.7 Å². The Morgan fingerprint density at radius 2 is 2.20 bits per heavy atom. The van der Waals surface area contributed by atoms with Gasteiger partial charge in [-0.25, -0.2) is 0 Å². The van der Waals surface area contributed by atoms with Crippen molar-refractivity contribution in [3.63, 3.8) is 0 Å².